The molecular formula is C10H5F3INO2S. The number of ether oxygens (including phenoxy) is 1. The standard InChI is InChI=1S/C10H5F3INO2S/c1-17-9(16)6-3-7(14)8(2-5(6)4-15)18-10(11,12)13/h2-3H,1H3. The molecule has 3 nitrogen and oxygen atoms in total. The molecule has 8 heteroatoms. The fourth-order valence-electron chi connectivity index (χ4n) is 1.13. The molecule has 0 amide bonds. The third-order valence-electron chi connectivity index (χ3n) is 1.82. The maximum absolute atomic E-state index is 12.3. The molecule has 0 bridgehead atoms. The fourth-order valence-corrected chi connectivity index (χ4v) is 2.51. The molecule has 0 heterocycles. The van der Waals surface area contributed by atoms with E-state index in [0.29, 0.717) is 0 Å². The van der Waals surface area contributed by atoms with Gasteiger partial charge in [-0.3, -0.25) is 0 Å². The molecule has 0 fully saturated rings. The summed E-state index contributed by atoms with van der Waals surface area (Å²) >= 11 is 1.34. The molecule has 0 aliphatic carbocycles. The van der Waals surface area contributed by atoms with Crippen LogP contribution in [0.15, 0.2) is 17.0 Å². The first-order valence-corrected chi connectivity index (χ1v) is 6.25. The Morgan fingerprint density at radius 1 is 1.50 bits per heavy atom. The highest BCUT2D eigenvalue weighted by atomic mass is 127. The summed E-state index contributed by atoms with van der Waals surface area (Å²) in [5.74, 6) is -0.756. The lowest BCUT2D eigenvalue weighted by Crippen LogP contribution is -2.06. The summed E-state index contributed by atoms with van der Waals surface area (Å²) in [6, 6.07) is 3.92. The van der Waals surface area contributed by atoms with Crippen LogP contribution in [0.4, 0.5) is 13.2 Å². The number of carbonyl (C=O) groups is 1. The molecule has 0 saturated heterocycles. The third kappa shape index (κ3) is 3.78. The molecule has 18 heavy (non-hydrogen) atoms. The summed E-state index contributed by atoms with van der Waals surface area (Å²) in [4.78, 5) is 11.2. The zero-order chi connectivity index (χ0) is 13.9. The molecule has 0 aromatic heterocycles. The van der Waals surface area contributed by atoms with Gasteiger partial charge in [-0.25, -0.2) is 4.79 Å². The highest BCUT2D eigenvalue weighted by Crippen LogP contribution is 2.39. The first kappa shape index (κ1) is 15.1. The molecule has 0 aliphatic rings. The molecule has 0 radical (unpaired) electrons. The van der Waals surface area contributed by atoms with Crippen LogP contribution < -0.4 is 0 Å². The molecule has 96 valence electrons. The number of hydrogen-bond acceptors (Lipinski definition) is 4. The van der Waals surface area contributed by atoms with Gasteiger partial charge in [-0.15, -0.1) is 0 Å². The number of thioether (sulfide) groups is 1. The van der Waals surface area contributed by atoms with Crippen LogP contribution in [-0.2, 0) is 4.74 Å². The van der Waals surface area contributed by atoms with Crippen molar-refractivity contribution in [2.45, 2.75) is 10.4 Å². The number of benzene rings is 1. The number of rotatable bonds is 2. The molecule has 0 saturated carbocycles. The Morgan fingerprint density at radius 3 is 2.56 bits per heavy atom. The second-order valence-corrected chi connectivity index (χ2v) is 5.25. The van der Waals surface area contributed by atoms with E-state index >= 15 is 0 Å². The van der Waals surface area contributed by atoms with Crippen LogP contribution in [0.2, 0.25) is 0 Å². The van der Waals surface area contributed by atoms with Gasteiger partial charge in [-0.05, 0) is 46.5 Å². The highest BCUT2D eigenvalue weighted by molar-refractivity contribution is 14.1. The number of carbonyl (C=O) groups excluding carboxylic acids is 1. The van der Waals surface area contributed by atoms with Gasteiger partial charge in [0.25, 0.3) is 0 Å². The highest BCUT2D eigenvalue weighted by Gasteiger charge is 2.31. The van der Waals surface area contributed by atoms with Gasteiger partial charge in [0.1, 0.15) is 6.07 Å². The summed E-state index contributed by atoms with van der Waals surface area (Å²) in [7, 11) is 1.13. The molecular weight excluding hydrogens is 382 g/mol. The lowest BCUT2D eigenvalue weighted by Gasteiger charge is -2.10. The topological polar surface area (TPSA) is 50.1 Å². The zero-order valence-electron chi connectivity index (χ0n) is 8.84. The minimum Gasteiger partial charge on any atom is -0.465 e. The monoisotopic (exact) mass is 387 g/mol. The maximum atomic E-state index is 12.3. The van der Waals surface area contributed by atoms with Crippen LogP contribution in [0.1, 0.15) is 15.9 Å². The number of esters is 1. The second-order valence-electron chi connectivity index (χ2n) is 2.98. The van der Waals surface area contributed by atoms with Gasteiger partial charge in [0, 0.05) is 8.47 Å². The first-order chi connectivity index (χ1) is 8.28. The quantitative estimate of drug-likeness (QED) is 0.443. The predicted octanol–water partition coefficient (Wildman–Crippen LogP) is 3.56. The van der Waals surface area contributed by atoms with E-state index in [9.17, 15) is 18.0 Å². The number of alkyl halides is 3. The molecule has 1 aromatic carbocycles. The van der Waals surface area contributed by atoms with E-state index in [1.807, 2.05) is 0 Å². The zero-order valence-corrected chi connectivity index (χ0v) is 11.8. The van der Waals surface area contributed by atoms with Crippen LogP contribution in [-0.4, -0.2) is 18.6 Å². The van der Waals surface area contributed by atoms with Crippen molar-refractivity contribution >= 4 is 40.3 Å². The normalized spacial score (nSPS) is 10.9. The van der Waals surface area contributed by atoms with Gasteiger partial charge < -0.3 is 4.74 Å². The van der Waals surface area contributed by atoms with E-state index in [-0.39, 0.29) is 31.4 Å². The summed E-state index contributed by atoms with van der Waals surface area (Å²) in [5, 5.41) is 8.83. The van der Waals surface area contributed by atoms with Gasteiger partial charge in [0.05, 0.1) is 18.2 Å². The van der Waals surface area contributed by atoms with Crippen molar-refractivity contribution in [1.82, 2.24) is 0 Å². The van der Waals surface area contributed by atoms with Crippen LogP contribution in [0.25, 0.3) is 0 Å². The van der Waals surface area contributed by atoms with Crippen molar-refractivity contribution in [2.24, 2.45) is 0 Å². The van der Waals surface area contributed by atoms with Crippen LogP contribution in [0.5, 0.6) is 0 Å². The summed E-state index contributed by atoms with van der Waals surface area (Å²) in [6.07, 6.45) is 0. The van der Waals surface area contributed by atoms with Crippen molar-refractivity contribution < 1.29 is 22.7 Å². The summed E-state index contributed by atoms with van der Waals surface area (Å²) < 4.78 is 41.5. The largest absolute Gasteiger partial charge is 0.465 e. The van der Waals surface area contributed by atoms with Gasteiger partial charge in [-0.1, -0.05) is 0 Å². The Morgan fingerprint density at radius 2 is 2.11 bits per heavy atom. The summed E-state index contributed by atoms with van der Waals surface area (Å²) in [6.45, 7) is 0. The van der Waals surface area contributed by atoms with Crippen molar-refractivity contribution in [3.05, 3.63) is 26.8 Å². The van der Waals surface area contributed by atoms with E-state index in [0.717, 1.165) is 13.2 Å². The minimum absolute atomic E-state index is 0.0454. The molecule has 1 rings (SSSR count). The van der Waals surface area contributed by atoms with Crippen LogP contribution >= 0.6 is 34.4 Å². The Hall–Kier alpha value is -0.950. The van der Waals surface area contributed by atoms with Crippen molar-refractivity contribution in [3.63, 3.8) is 0 Å². The van der Waals surface area contributed by atoms with E-state index in [4.69, 9.17) is 5.26 Å². The van der Waals surface area contributed by atoms with Crippen LogP contribution in [0, 0.1) is 14.9 Å². The van der Waals surface area contributed by atoms with Gasteiger partial charge in [0.2, 0.25) is 0 Å². The van der Waals surface area contributed by atoms with E-state index in [2.05, 4.69) is 4.74 Å². The van der Waals surface area contributed by atoms with Crippen molar-refractivity contribution in [3.8, 4) is 6.07 Å². The lowest BCUT2D eigenvalue weighted by molar-refractivity contribution is -0.0328. The fraction of sp³-hybridized carbons (Fsp3) is 0.200. The minimum atomic E-state index is -4.45. The van der Waals surface area contributed by atoms with Gasteiger partial charge >= 0.3 is 11.5 Å². The SMILES string of the molecule is COC(=O)c1cc(I)c(SC(F)(F)F)cc1C#N. The lowest BCUT2D eigenvalue weighted by atomic mass is 10.1. The average molecular weight is 387 g/mol. The van der Waals surface area contributed by atoms with E-state index < -0.39 is 11.5 Å². The van der Waals surface area contributed by atoms with Gasteiger partial charge in [-0.2, -0.15) is 18.4 Å². The summed E-state index contributed by atoms with van der Waals surface area (Å²) in [5.41, 5.74) is -4.63. The number of nitriles is 1. The van der Waals surface area contributed by atoms with Crippen molar-refractivity contribution in [2.75, 3.05) is 7.11 Å². The molecule has 0 spiro atoms. The average Bonchev–Trinajstić information content (AvgIpc) is 2.28. The number of nitrogens with zero attached hydrogens (tertiary/aromatic N) is 1. The Bertz CT molecular complexity index is 525. The van der Waals surface area contributed by atoms with Crippen molar-refractivity contribution in [1.29, 1.82) is 5.26 Å². The first-order valence-electron chi connectivity index (χ1n) is 4.36. The van der Waals surface area contributed by atoms with E-state index in [1.54, 1.807) is 28.7 Å². The molecule has 0 N–H and O–H groups in total. The Balaban J connectivity index is 3.28. The van der Waals surface area contributed by atoms with Crippen LogP contribution in [0.3, 0.4) is 0 Å². The predicted molar refractivity (Wildman–Crippen MR) is 67.1 cm³/mol. The number of hydrogen-bond donors (Lipinski definition) is 0. The number of halogens is 4. The molecule has 1 aromatic rings. The van der Waals surface area contributed by atoms with E-state index in [1.165, 1.54) is 6.07 Å². The maximum Gasteiger partial charge on any atom is 0.446 e. The molecule has 0 atom stereocenters. The molecule has 0 aliphatic heterocycles. The third-order valence-corrected chi connectivity index (χ3v) is 3.87. The Labute approximate surface area is 118 Å². The second kappa shape index (κ2) is 5.79. The molecule has 0 unspecified atom stereocenters. The smallest absolute Gasteiger partial charge is 0.446 e. The Kier molecular flexibility index (Phi) is 4.86. The number of methoxy groups -OCH3 is 1. The van der Waals surface area contributed by atoms with Gasteiger partial charge in [0.15, 0.2) is 0 Å².